The molecule has 18 heteroatoms. The Kier molecular flexibility index (Phi) is 9.41. The number of anilines is 1. The molecule has 3 aromatic rings. The van der Waals surface area contributed by atoms with E-state index in [1.165, 1.54) is 66.8 Å². The van der Waals surface area contributed by atoms with Gasteiger partial charge in [-0.15, -0.1) is 4.33 Å². The van der Waals surface area contributed by atoms with Crippen molar-refractivity contribution in [3.05, 3.63) is 100 Å². The summed E-state index contributed by atoms with van der Waals surface area (Å²) in [5, 5.41) is 34.3. The first-order chi connectivity index (χ1) is 20.4. The van der Waals surface area contributed by atoms with Gasteiger partial charge in [0.05, 0.1) is 33.9 Å². The number of carbonyl (C=O) groups is 3. The minimum Gasteiger partial charge on any atom is -0.480 e. The number of aliphatic carboxylic acids is 1. The lowest BCUT2D eigenvalue weighted by atomic mass is 10.1. The predicted molar refractivity (Wildman–Crippen MR) is 149 cm³/mol. The molecule has 6 N–H and O–H groups in total. The molecule has 43 heavy (non-hydrogen) atoms. The van der Waals surface area contributed by atoms with Crippen molar-refractivity contribution in [2.75, 3.05) is 5.01 Å². The van der Waals surface area contributed by atoms with E-state index in [0.29, 0.717) is 22.6 Å². The number of allylic oxidation sites excluding steroid dienone is 4. The lowest BCUT2D eigenvalue weighted by Gasteiger charge is -2.16. The maximum absolute atomic E-state index is 13.0. The van der Waals surface area contributed by atoms with Crippen LogP contribution in [-0.4, -0.2) is 62.1 Å². The zero-order valence-electron chi connectivity index (χ0n) is 21.3. The fourth-order valence-electron chi connectivity index (χ4n) is 3.85. The largest absolute Gasteiger partial charge is 0.480 e. The van der Waals surface area contributed by atoms with E-state index in [9.17, 15) is 37.8 Å². The summed E-state index contributed by atoms with van der Waals surface area (Å²) in [5.74, 6) is -3.53. The third kappa shape index (κ3) is 6.98. The van der Waals surface area contributed by atoms with E-state index < -0.39 is 50.2 Å². The zero-order valence-corrected chi connectivity index (χ0v) is 23.0. The minimum absolute atomic E-state index is 0.113. The molecule has 0 radical (unpaired) electrons. The van der Waals surface area contributed by atoms with Gasteiger partial charge in [0.1, 0.15) is 0 Å². The Hall–Kier alpha value is -4.82. The highest BCUT2D eigenvalue weighted by Crippen LogP contribution is 2.25. The number of hydrazine groups is 1. The van der Waals surface area contributed by atoms with Gasteiger partial charge in [0.2, 0.25) is 0 Å². The number of H-pyrrole nitrogens is 1. The first kappa shape index (κ1) is 31.1. The van der Waals surface area contributed by atoms with Crippen LogP contribution in [0.5, 0.6) is 0 Å². The Morgan fingerprint density at radius 1 is 0.953 bits per heavy atom. The van der Waals surface area contributed by atoms with Crippen LogP contribution in [0.15, 0.2) is 93.0 Å². The molecule has 2 aromatic carbocycles. The second-order valence-electron chi connectivity index (χ2n) is 8.44. The van der Waals surface area contributed by atoms with E-state index in [1.54, 1.807) is 0 Å². The number of aromatic amines is 1. The summed E-state index contributed by atoms with van der Waals surface area (Å²) in [5.41, 5.74) is 1.45. The molecule has 1 atom stereocenters. The molecule has 16 nitrogen and oxygen atoms in total. The predicted octanol–water partition coefficient (Wildman–Crippen LogP) is 2.04. The number of rotatable bonds is 11. The van der Waals surface area contributed by atoms with Crippen LogP contribution in [0, 0.1) is 0 Å². The van der Waals surface area contributed by atoms with Crippen LogP contribution < -0.4 is 16.0 Å². The molecule has 2 heterocycles. The molecule has 4 rings (SSSR count). The molecule has 224 valence electrons. The third-order valence-electron chi connectivity index (χ3n) is 5.82. The zero-order chi connectivity index (χ0) is 31.3. The first-order valence-corrected chi connectivity index (χ1v) is 13.9. The van der Waals surface area contributed by atoms with E-state index in [4.69, 9.17) is 9.81 Å². The molecule has 0 aliphatic carbocycles. The van der Waals surface area contributed by atoms with Gasteiger partial charge >= 0.3 is 11.9 Å². The molecule has 1 unspecified atom stereocenters. The summed E-state index contributed by atoms with van der Waals surface area (Å²) in [4.78, 5) is 49.5. The summed E-state index contributed by atoms with van der Waals surface area (Å²) in [6.45, 7) is 0. The topological polar surface area (TPSA) is 238 Å². The molecule has 1 aliphatic rings. The van der Waals surface area contributed by atoms with Crippen LogP contribution in [0.4, 0.5) is 5.69 Å². The Morgan fingerprint density at radius 2 is 1.60 bits per heavy atom. The van der Waals surface area contributed by atoms with Gasteiger partial charge in [-0.05, 0) is 54.6 Å². The van der Waals surface area contributed by atoms with Crippen molar-refractivity contribution in [3.8, 4) is 5.69 Å². The fraction of sp³-hybridized carbons (Fsp3) is 0.0400. The number of aromatic carboxylic acids is 1. The van der Waals surface area contributed by atoms with E-state index in [0.717, 1.165) is 21.8 Å². The molecule has 1 saturated heterocycles. The van der Waals surface area contributed by atoms with Gasteiger partial charge in [0.25, 0.3) is 21.6 Å². The first-order valence-electron chi connectivity index (χ1n) is 11.7. The molecule has 0 bridgehead atoms. The summed E-state index contributed by atoms with van der Waals surface area (Å²) in [6.07, 6.45) is 6.41. The van der Waals surface area contributed by atoms with Crippen molar-refractivity contribution < 1.29 is 52.2 Å². The van der Waals surface area contributed by atoms with E-state index in [-0.39, 0.29) is 16.8 Å². The van der Waals surface area contributed by atoms with Crippen molar-refractivity contribution in [2.45, 2.75) is 15.8 Å². The Bertz CT molecular complexity index is 1810. The quantitative estimate of drug-likeness (QED) is 0.0443. The van der Waals surface area contributed by atoms with E-state index in [2.05, 4.69) is 19.9 Å². The number of nitrogens with one attached hydrogen (secondary N) is 2. The molecule has 1 fully saturated rings. The summed E-state index contributed by atoms with van der Waals surface area (Å²) >= 11 is 0.693. The maximum Gasteiger partial charge on any atom is 0.354 e. The highest BCUT2D eigenvalue weighted by atomic mass is 32.2. The molecule has 1 aromatic heterocycles. The number of nitrogens with zero attached hydrogens (tertiary/aromatic N) is 2. The smallest absolute Gasteiger partial charge is 0.354 e. The molecule has 1 amide bonds. The van der Waals surface area contributed by atoms with Crippen LogP contribution >= 0.6 is 12.0 Å². The van der Waals surface area contributed by atoms with Crippen LogP contribution in [-0.2, 0) is 29.1 Å². The maximum atomic E-state index is 13.0. The van der Waals surface area contributed by atoms with Crippen molar-refractivity contribution in [1.82, 2.24) is 15.2 Å². The highest BCUT2D eigenvalue weighted by Gasteiger charge is 2.39. The van der Waals surface area contributed by atoms with Gasteiger partial charge in [0.15, 0.2) is 11.7 Å². The van der Waals surface area contributed by atoms with Crippen molar-refractivity contribution in [3.63, 3.8) is 0 Å². The Morgan fingerprint density at radius 3 is 2.19 bits per heavy atom. The molecule has 1 aliphatic heterocycles. The molecular weight excluding hydrogens is 612 g/mol. The van der Waals surface area contributed by atoms with Gasteiger partial charge in [-0.3, -0.25) is 24.0 Å². The van der Waals surface area contributed by atoms with Crippen molar-refractivity contribution in [1.29, 1.82) is 0 Å². The molecular formula is C25H20N4O12S2. The van der Waals surface area contributed by atoms with Gasteiger partial charge in [-0.1, -0.05) is 29.3 Å². The Balaban J connectivity index is 1.55. The average molecular weight is 633 g/mol. The monoisotopic (exact) mass is 632 g/mol. The fourth-order valence-corrected chi connectivity index (χ4v) is 4.69. The standard InChI is InChI=1S/C25H20N4O12S2/c30-22-18(20(24(32)33)26-28(22)14-6-10-16(11-7-14)42-41-40-36)4-2-1-3-5-19-21(25(34)35)27-29(23(19)31)15-8-12-17(13-9-15)43(37,38)39/h1-13,21,26-27,36H,(H,32,33)(H,34,35)(H,37,38,39)/b3-1+,4-2+,19-5+. The number of amides is 1. The van der Waals surface area contributed by atoms with Crippen LogP contribution in [0.1, 0.15) is 16.1 Å². The number of benzene rings is 2. The lowest BCUT2D eigenvalue weighted by Crippen LogP contribution is -2.40. The Labute approximate surface area is 245 Å². The summed E-state index contributed by atoms with van der Waals surface area (Å²) in [7, 11) is -4.47. The van der Waals surface area contributed by atoms with Crippen molar-refractivity contribution >= 4 is 51.8 Å². The SMILES string of the molecule is O=C(O)c1[nH]n(-c2ccc(SOOO)cc2)c(=O)c1/C=C/C=C/C=C1/C(=O)N(c2ccc(S(=O)(=O)O)cc2)NC1C(=O)O. The molecule has 0 saturated carbocycles. The van der Waals surface area contributed by atoms with Gasteiger partial charge in [-0.2, -0.15) is 8.42 Å². The third-order valence-corrected chi connectivity index (χ3v) is 7.28. The van der Waals surface area contributed by atoms with Crippen LogP contribution in [0.2, 0.25) is 0 Å². The van der Waals surface area contributed by atoms with Gasteiger partial charge in [0, 0.05) is 10.5 Å². The van der Waals surface area contributed by atoms with E-state index >= 15 is 0 Å². The second kappa shape index (κ2) is 13.0. The van der Waals surface area contributed by atoms with Crippen molar-refractivity contribution in [2.24, 2.45) is 0 Å². The number of carboxylic acid groups (broad SMARTS) is 2. The lowest BCUT2D eigenvalue weighted by molar-refractivity contribution is -0.432. The van der Waals surface area contributed by atoms with Crippen LogP contribution in [0.25, 0.3) is 11.8 Å². The highest BCUT2D eigenvalue weighted by molar-refractivity contribution is 7.94. The summed E-state index contributed by atoms with van der Waals surface area (Å²) < 4.78 is 37.0. The summed E-state index contributed by atoms with van der Waals surface area (Å²) in [6, 6.07) is 9.06. The number of aromatic nitrogens is 2. The normalized spacial score (nSPS) is 16.6. The number of hydrogen-bond donors (Lipinski definition) is 6. The van der Waals surface area contributed by atoms with E-state index in [1.807, 2.05) is 0 Å². The van der Waals surface area contributed by atoms with Gasteiger partial charge < -0.3 is 10.2 Å². The number of hydrogen-bond acceptors (Lipinski definition) is 11. The average Bonchev–Trinajstić information content (AvgIpc) is 3.48. The molecule has 0 spiro atoms. The number of carboxylic acids is 2. The number of carbonyl (C=O) groups excluding carboxylic acids is 1. The second-order valence-corrected chi connectivity index (χ2v) is 10.6. The van der Waals surface area contributed by atoms with Gasteiger partial charge in [-0.25, -0.2) is 25.2 Å². The van der Waals surface area contributed by atoms with Crippen LogP contribution in [0.3, 0.4) is 0 Å². The minimum atomic E-state index is -4.47.